The Labute approximate surface area is 110 Å². The predicted molar refractivity (Wildman–Crippen MR) is 71.7 cm³/mol. The van der Waals surface area contributed by atoms with E-state index in [2.05, 4.69) is 32.0 Å². The molecule has 1 aromatic carbocycles. The molecule has 1 aromatic rings. The Kier molecular flexibility index (Phi) is 4.38. The van der Waals surface area contributed by atoms with E-state index in [4.69, 9.17) is 4.74 Å². The molecule has 0 radical (unpaired) electrons. The molecule has 0 amide bonds. The smallest absolute Gasteiger partial charge is 0.0765 e. The predicted octanol–water partition coefficient (Wildman–Crippen LogP) is 3.78. The van der Waals surface area contributed by atoms with E-state index in [1.165, 1.54) is 5.56 Å². The van der Waals surface area contributed by atoms with Crippen LogP contribution in [0.5, 0.6) is 0 Å². The summed E-state index contributed by atoms with van der Waals surface area (Å²) < 4.78 is 6.01. The monoisotopic (exact) mass is 243 g/mol. The van der Waals surface area contributed by atoms with Crippen LogP contribution in [0, 0.1) is 29.1 Å². The summed E-state index contributed by atoms with van der Waals surface area (Å²) in [4.78, 5) is 0. The molecule has 1 saturated carbocycles. The lowest BCUT2D eigenvalue weighted by molar-refractivity contribution is -0.000259. The Morgan fingerprint density at radius 1 is 1.33 bits per heavy atom. The molecular weight excluding hydrogens is 222 g/mol. The van der Waals surface area contributed by atoms with E-state index in [1.807, 2.05) is 18.2 Å². The Morgan fingerprint density at radius 3 is 2.67 bits per heavy atom. The van der Waals surface area contributed by atoms with Gasteiger partial charge < -0.3 is 4.74 Å². The van der Waals surface area contributed by atoms with Crippen LogP contribution >= 0.6 is 0 Å². The lowest BCUT2D eigenvalue weighted by atomic mass is 9.94. The second-order valence-electron chi connectivity index (χ2n) is 5.26. The minimum atomic E-state index is 0.0636. The van der Waals surface area contributed by atoms with Crippen molar-refractivity contribution < 1.29 is 4.74 Å². The lowest BCUT2D eigenvalue weighted by Crippen LogP contribution is -2.24. The maximum atomic E-state index is 9.23. The summed E-state index contributed by atoms with van der Waals surface area (Å²) in [6.07, 6.45) is 2.23. The van der Waals surface area contributed by atoms with Gasteiger partial charge in [-0.05, 0) is 23.8 Å². The zero-order valence-corrected chi connectivity index (χ0v) is 11.2. The van der Waals surface area contributed by atoms with E-state index in [0.29, 0.717) is 18.4 Å². The number of nitrogens with zero attached hydrogens (tertiary/aromatic N) is 1. The molecule has 2 nitrogen and oxygen atoms in total. The van der Waals surface area contributed by atoms with Gasteiger partial charge in [-0.1, -0.05) is 50.6 Å². The molecule has 0 spiro atoms. The van der Waals surface area contributed by atoms with Gasteiger partial charge in [-0.25, -0.2) is 0 Å². The molecule has 2 rings (SSSR count). The van der Waals surface area contributed by atoms with Gasteiger partial charge in [-0.15, -0.1) is 0 Å². The van der Waals surface area contributed by atoms with Crippen LogP contribution in [-0.2, 0) is 11.3 Å². The summed E-state index contributed by atoms with van der Waals surface area (Å²) in [6.45, 7) is 5.04. The number of hydrogen-bond acceptors (Lipinski definition) is 2. The van der Waals surface area contributed by atoms with Crippen LogP contribution in [0.4, 0.5) is 0 Å². The molecule has 1 aliphatic carbocycles. The van der Waals surface area contributed by atoms with Gasteiger partial charge in [0.15, 0.2) is 0 Å². The highest BCUT2D eigenvalue weighted by molar-refractivity contribution is 5.13. The normalized spacial score (nSPS) is 31.2. The van der Waals surface area contributed by atoms with E-state index in [1.54, 1.807) is 0 Å². The van der Waals surface area contributed by atoms with Crippen molar-refractivity contribution in [2.75, 3.05) is 0 Å². The van der Waals surface area contributed by atoms with Crippen molar-refractivity contribution in [3.63, 3.8) is 0 Å². The molecule has 0 heterocycles. The van der Waals surface area contributed by atoms with Crippen molar-refractivity contribution in [1.29, 1.82) is 5.26 Å². The molecular formula is C16H21NO. The fourth-order valence-corrected chi connectivity index (χ4v) is 3.01. The molecule has 1 fully saturated rings. The molecule has 0 saturated heterocycles. The van der Waals surface area contributed by atoms with Gasteiger partial charge in [-0.3, -0.25) is 0 Å². The van der Waals surface area contributed by atoms with Crippen molar-refractivity contribution in [2.24, 2.45) is 17.8 Å². The van der Waals surface area contributed by atoms with E-state index in [0.717, 1.165) is 12.8 Å². The van der Waals surface area contributed by atoms with Gasteiger partial charge in [0.2, 0.25) is 0 Å². The Hall–Kier alpha value is -1.33. The number of nitriles is 1. The van der Waals surface area contributed by atoms with Crippen LogP contribution in [0.15, 0.2) is 30.3 Å². The van der Waals surface area contributed by atoms with E-state index in [9.17, 15) is 5.26 Å². The first-order valence-corrected chi connectivity index (χ1v) is 6.81. The molecule has 0 N–H and O–H groups in total. The third kappa shape index (κ3) is 2.73. The van der Waals surface area contributed by atoms with Crippen LogP contribution in [0.25, 0.3) is 0 Å². The van der Waals surface area contributed by atoms with Crippen LogP contribution in [0.1, 0.15) is 32.3 Å². The molecule has 4 atom stereocenters. The third-order valence-electron chi connectivity index (χ3n) is 4.19. The Balaban J connectivity index is 1.97. The molecule has 1 aliphatic rings. The Bertz CT molecular complexity index is 409. The first-order valence-electron chi connectivity index (χ1n) is 6.81. The van der Waals surface area contributed by atoms with Crippen molar-refractivity contribution in [3.05, 3.63) is 35.9 Å². The van der Waals surface area contributed by atoms with Crippen molar-refractivity contribution >= 4 is 0 Å². The lowest BCUT2D eigenvalue weighted by Gasteiger charge is -2.21. The SMILES string of the molecule is CC[C@H]1C[C@H](C#N)[C@H](OCc2ccccc2)[C@@H]1C. The number of hydrogen-bond donors (Lipinski definition) is 0. The van der Waals surface area contributed by atoms with Crippen molar-refractivity contribution in [2.45, 2.75) is 39.4 Å². The molecule has 0 aliphatic heterocycles. The van der Waals surface area contributed by atoms with Gasteiger partial charge in [0.05, 0.1) is 24.7 Å². The highest BCUT2D eigenvalue weighted by Crippen LogP contribution is 2.40. The number of benzene rings is 1. The largest absolute Gasteiger partial charge is 0.372 e. The minimum absolute atomic E-state index is 0.0636. The second kappa shape index (κ2) is 6.02. The summed E-state index contributed by atoms with van der Waals surface area (Å²) in [5.41, 5.74) is 1.18. The second-order valence-corrected chi connectivity index (χ2v) is 5.26. The van der Waals surface area contributed by atoms with Crippen LogP contribution in [-0.4, -0.2) is 6.10 Å². The van der Waals surface area contributed by atoms with Gasteiger partial charge >= 0.3 is 0 Å². The van der Waals surface area contributed by atoms with Crippen molar-refractivity contribution in [1.82, 2.24) is 0 Å². The molecule has 0 aromatic heterocycles. The summed E-state index contributed by atoms with van der Waals surface area (Å²) in [5, 5.41) is 9.23. The maximum Gasteiger partial charge on any atom is 0.0765 e. The number of ether oxygens (including phenoxy) is 1. The Morgan fingerprint density at radius 2 is 2.06 bits per heavy atom. The topological polar surface area (TPSA) is 33.0 Å². The molecule has 0 unspecified atom stereocenters. The molecule has 0 bridgehead atoms. The first kappa shape index (κ1) is 13.1. The van der Waals surface area contributed by atoms with E-state index in [-0.39, 0.29) is 12.0 Å². The minimum Gasteiger partial charge on any atom is -0.372 e. The van der Waals surface area contributed by atoms with E-state index >= 15 is 0 Å². The molecule has 2 heteroatoms. The summed E-state index contributed by atoms with van der Waals surface area (Å²) >= 11 is 0. The maximum absolute atomic E-state index is 9.23. The quantitative estimate of drug-likeness (QED) is 0.806. The van der Waals surface area contributed by atoms with Crippen LogP contribution in [0.3, 0.4) is 0 Å². The number of rotatable bonds is 4. The van der Waals surface area contributed by atoms with Crippen molar-refractivity contribution in [3.8, 4) is 6.07 Å². The van der Waals surface area contributed by atoms with Gasteiger partial charge in [-0.2, -0.15) is 5.26 Å². The standard InChI is InChI=1S/C16H21NO/c1-3-14-9-15(10-17)16(12(14)2)18-11-13-7-5-4-6-8-13/h4-8,12,14-16H,3,9,11H2,1-2H3/t12-,14+,15-,16-/m1/s1. The zero-order chi connectivity index (χ0) is 13.0. The van der Waals surface area contributed by atoms with Gasteiger partial charge in [0, 0.05) is 0 Å². The highest BCUT2D eigenvalue weighted by atomic mass is 16.5. The van der Waals surface area contributed by atoms with Gasteiger partial charge in [0.1, 0.15) is 0 Å². The molecule has 96 valence electrons. The summed E-state index contributed by atoms with van der Waals surface area (Å²) in [7, 11) is 0. The zero-order valence-electron chi connectivity index (χ0n) is 11.2. The average Bonchev–Trinajstić information content (AvgIpc) is 2.73. The summed E-state index contributed by atoms with van der Waals surface area (Å²) in [5.74, 6) is 1.19. The average molecular weight is 243 g/mol. The summed E-state index contributed by atoms with van der Waals surface area (Å²) in [6, 6.07) is 12.6. The highest BCUT2D eigenvalue weighted by Gasteiger charge is 2.40. The first-order chi connectivity index (χ1) is 8.76. The fraction of sp³-hybridized carbons (Fsp3) is 0.562. The van der Waals surface area contributed by atoms with Crippen LogP contribution < -0.4 is 0 Å². The van der Waals surface area contributed by atoms with Crippen LogP contribution in [0.2, 0.25) is 0 Å². The van der Waals surface area contributed by atoms with E-state index < -0.39 is 0 Å². The van der Waals surface area contributed by atoms with Gasteiger partial charge in [0.25, 0.3) is 0 Å². The third-order valence-corrected chi connectivity index (χ3v) is 4.19. The molecule has 18 heavy (non-hydrogen) atoms. The fourth-order valence-electron chi connectivity index (χ4n) is 3.01.